The normalized spacial score (nSPS) is 18.7. The number of benzene rings is 1. The molecule has 242 valence electrons. The molecule has 44 heavy (non-hydrogen) atoms. The molecule has 2 heterocycles. The highest BCUT2D eigenvalue weighted by atomic mass is 19.4. The number of nitrogens with one attached hydrogen (secondary N) is 3. The number of halogens is 3. The van der Waals surface area contributed by atoms with Gasteiger partial charge in [0, 0.05) is 29.8 Å². The zero-order chi connectivity index (χ0) is 31.7. The summed E-state index contributed by atoms with van der Waals surface area (Å²) in [6, 6.07) is 4.93. The molecule has 2 saturated carbocycles. The Hall–Kier alpha value is -3.61. The van der Waals surface area contributed by atoms with E-state index in [1.165, 1.54) is 20.0 Å². The minimum Gasteiger partial charge on any atom is -0.495 e. The Kier molecular flexibility index (Phi) is 11.7. The summed E-state index contributed by atoms with van der Waals surface area (Å²) in [5, 5.41) is 8.98. The molecule has 1 aromatic carbocycles. The number of amides is 2. The van der Waals surface area contributed by atoms with E-state index in [1.54, 1.807) is 18.2 Å². The number of likely N-dealkylation sites (tertiary alicyclic amines) is 1. The van der Waals surface area contributed by atoms with E-state index in [-0.39, 0.29) is 41.6 Å². The molecule has 0 radical (unpaired) electrons. The van der Waals surface area contributed by atoms with E-state index in [1.807, 2.05) is 0 Å². The summed E-state index contributed by atoms with van der Waals surface area (Å²) >= 11 is 0. The number of rotatable bonds is 8. The molecule has 5 N–H and O–H groups in total. The lowest BCUT2D eigenvalue weighted by atomic mass is 9.95. The predicted octanol–water partition coefficient (Wildman–Crippen LogP) is 5.48. The van der Waals surface area contributed by atoms with Crippen molar-refractivity contribution in [2.75, 3.05) is 37.9 Å². The Morgan fingerprint density at radius 1 is 0.977 bits per heavy atom. The average Bonchev–Trinajstić information content (AvgIpc) is 3.55. The Morgan fingerprint density at radius 3 is 2.23 bits per heavy atom. The molecular formula is C31H44F3N7O3. The standard InChI is InChI=1S/C25H33F3N6O2.C6H11NO/c1-34-12-10-18(11-13-34)31-23(35)16-8-9-20(21(14-16)36-2)32-24-29-15-19(25(26,27)28)22(33-24)30-17-6-4-3-5-7-17;7-6(8)5-3-1-2-4-5/h8-9,14-15,17-18H,3-7,10-13H2,1-2H3,(H,31,35)(H2,29,30,32,33);5H,1-4H2,(H2,7,8). The first kappa shape index (κ1) is 33.3. The van der Waals surface area contributed by atoms with Crippen molar-refractivity contribution in [1.29, 1.82) is 0 Å². The topological polar surface area (TPSA) is 134 Å². The van der Waals surface area contributed by atoms with Crippen molar-refractivity contribution in [1.82, 2.24) is 20.2 Å². The zero-order valence-electron chi connectivity index (χ0n) is 25.5. The Bertz CT molecular complexity index is 1260. The maximum atomic E-state index is 13.6. The van der Waals surface area contributed by atoms with Gasteiger partial charge in [0.1, 0.15) is 17.1 Å². The molecule has 2 aliphatic carbocycles. The number of alkyl halides is 3. The Morgan fingerprint density at radius 2 is 1.64 bits per heavy atom. The summed E-state index contributed by atoms with van der Waals surface area (Å²) in [5.41, 5.74) is 5.04. The van der Waals surface area contributed by atoms with Gasteiger partial charge in [0.25, 0.3) is 5.91 Å². The monoisotopic (exact) mass is 619 g/mol. The first-order chi connectivity index (χ1) is 21.0. The van der Waals surface area contributed by atoms with E-state index >= 15 is 0 Å². The number of piperidine rings is 1. The fourth-order valence-corrected chi connectivity index (χ4v) is 5.89. The SMILES string of the molecule is COc1cc(C(=O)NC2CCN(C)CC2)ccc1Nc1ncc(C(F)(F)F)c(NC2CCCCC2)n1.NC(=O)C1CCCC1. The molecule has 0 bridgehead atoms. The maximum absolute atomic E-state index is 13.6. The summed E-state index contributed by atoms with van der Waals surface area (Å²) in [7, 11) is 3.52. The number of carbonyl (C=O) groups is 2. The molecule has 0 atom stereocenters. The third kappa shape index (κ3) is 9.44. The summed E-state index contributed by atoms with van der Waals surface area (Å²) in [5.74, 6) is 0.0242. The largest absolute Gasteiger partial charge is 0.495 e. The van der Waals surface area contributed by atoms with E-state index in [9.17, 15) is 22.8 Å². The smallest absolute Gasteiger partial charge is 0.421 e. The van der Waals surface area contributed by atoms with Crippen molar-refractivity contribution in [3.63, 3.8) is 0 Å². The molecular weight excluding hydrogens is 575 g/mol. The minimum absolute atomic E-state index is 0.00290. The van der Waals surface area contributed by atoms with Crippen molar-refractivity contribution in [3.05, 3.63) is 35.5 Å². The van der Waals surface area contributed by atoms with Crippen LogP contribution in [0, 0.1) is 5.92 Å². The summed E-state index contributed by atoms with van der Waals surface area (Å²) in [4.78, 5) is 33.5. The minimum atomic E-state index is -4.57. The number of ether oxygens (including phenoxy) is 1. The number of nitrogens with two attached hydrogens (primary N) is 1. The second-order valence-corrected chi connectivity index (χ2v) is 11.9. The van der Waals surface area contributed by atoms with Crippen molar-refractivity contribution in [2.45, 2.75) is 88.9 Å². The molecule has 5 rings (SSSR count). The predicted molar refractivity (Wildman–Crippen MR) is 163 cm³/mol. The average molecular weight is 620 g/mol. The van der Waals surface area contributed by atoms with Gasteiger partial charge in [-0.3, -0.25) is 9.59 Å². The highest BCUT2D eigenvalue weighted by Gasteiger charge is 2.36. The van der Waals surface area contributed by atoms with Crippen LogP contribution in [0.15, 0.2) is 24.4 Å². The molecule has 13 heteroatoms. The van der Waals surface area contributed by atoms with Gasteiger partial charge in [0.05, 0.1) is 12.8 Å². The van der Waals surface area contributed by atoms with E-state index in [0.717, 1.165) is 77.1 Å². The van der Waals surface area contributed by atoms with Crippen molar-refractivity contribution in [2.24, 2.45) is 11.7 Å². The van der Waals surface area contributed by atoms with Crippen LogP contribution in [0.25, 0.3) is 0 Å². The van der Waals surface area contributed by atoms with Crippen LogP contribution < -0.4 is 26.4 Å². The van der Waals surface area contributed by atoms with E-state index in [4.69, 9.17) is 10.5 Å². The highest BCUT2D eigenvalue weighted by molar-refractivity contribution is 5.95. The first-order valence-electron chi connectivity index (χ1n) is 15.5. The quantitative estimate of drug-likeness (QED) is 0.305. The molecule has 2 aromatic rings. The molecule has 3 aliphatic rings. The second kappa shape index (κ2) is 15.4. The molecule has 1 aliphatic heterocycles. The molecule has 0 unspecified atom stereocenters. The fourth-order valence-electron chi connectivity index (χ4n) is 5.89. The summed E-state index contributed by atoms with van der Waals surface area (Å²) < 4.78 is 46.2. The van der Waals surface area contributed by atoms with Crippen LogP contribution in [-0.2, 0) is 11.0 Å². The first-order valence-corrected chi connectivity index (χ1v) is 15.5. The lowest BCUT2D eigenvalue weighted by Gasteiger charge is -2.29. The molecule has 10 nitrogen and oxygen atoms in total. The Labute approximate surface area is 256 Å². The van der Waals surface area contributed by atoms with Gasteiger partial charge in [-0.25, -0.2) is 4.98 Å². The van der Waals surface area contributed by atoms with E-state index < -0.39 is 11.7 Å². The van der Waals surface area contributed by atoms with Crippen molar-refractivity contribution in [3.8, 4) is 5.75 Å². The van der Waals surface area contributed by atoms with Gasteiger partial charge in [-0.15, -0.1) is 0 Å². The molecule has 1 aromatic heterocycles. The number of carbonyl (C=O) groups excluding carboxylic acids is 2. The zero-order valence-corrected chi connectivity index (χ0v) is 25.5. The van der Waals surface area contributed by atoms with Crippen LogP contribution >= 0.6 is 0 Å². The number of primary amides is 1. The number of methoxy groups -OCH3 is 1. The number of aromatic nitrogens is 2. The van der Waals surface area contributed by atoms with Crippen LogP contribution in [0.2, 0.25) is 0 Å². The third-order valence-electron chi connectivity index (χ3n) is 8.56. The van der Waals surface area contributed by atoms with E-state index in [0.29, 0.717) is 17.0 Å². The fraction of sp³-hybridized carbons (Fsp3) is 0.613. The summed E-state index contributed by atoms with van der Waals surface area (Å²) in [6.07, 6.45) is 7.07. The van der Waals surface area contributed by atoms with Gasteiger partial charge in [-0.2, -0.15) is 18.2 Å². The molecule has 2 amide bonds. The van der Waals surface area contributed by atoms with Crippen LogP contribution in [0.1, 0.15) is 86.6 Å². The van der Waals surface area contributed by atoms with Crippen LogP contribution in [0.5, 0.6) is 5.75 Å². The van der Waals surface area contributed by atoms with Gasteiger partial charge >= 0.3 is 6.18 Å². The van der Waals surface area contributed by atoms with Crippen molar-refractivity contribution >= 4 is 29.3 Å². The number of anilines is 3. The van der Waals surface area contributed by atoms with Gasteiger partial charge in [0.15, 0.2) is 0 Å². The van der Waals surface area contributed by atoms with Gasteiger partial charge in [-0.1, -0.05) is 32.1 Å². The van der Waals surface area contributed by atoms with Gasteiger partial charge in [-0.05, 0) is 76.9 Å². The highest BCUT2D eigenvalue weighted by Crippen LogP contribution is 2.36. The number of hydrogen-bond acceptors (Lipinski definition) is 8. The Balaban J connectivity index is 0.000000479. The van der Waals surface area contributed by atoms with Crippen LogP contribution in [0.4, 0.5) is 30.6 Å². The maximum Gasteiger partial charge on any atom is 0.421 e. The van der Waals surface area contributed by atoms with E-state index in [2.05, 4.69) is 37.9 Å². The third-order valence-corrected chi connectivity index (χ3v) is 8.56. The molecule has 3 fully saturated rings. The molecule has 0 spiro atoms. The van der Waals surface area contributed by atoms with Gasteiger partial charge < -0.3 is 31.3 Å². The second-order valence-electron chi connectivity index (χ2n) is 11.9. The van der Waals surface area contributed by atoms with Crippen molar-refractivity contribution < 1.29 is 27.5 Å². The number of hydrogen-bond donors (Lipinski definition) is 4. The lowest BCUT2D eigenvalue weighted by Crippen LogP contribution is -2.43. The summed E-state index contributed by atoms with van der Waals surface area (Å²) in [6.45, 7) is 1.86. The molecule has 1 saturated heterocycles. The number of nitrogens with zero attached hydrogens (tertiary/aromatic N) is 3. The lowest BCUT2D eigenvalue weighted by molar-refractivity contribution is -0.137. The van der Waals surface area contributed by atoms with Gasteiger partial charge in [0.2, 0.25) is 11.9 Å². The van der Waals surface area contributed by atoms with Crippen LogP contribution in [-0.4, -0.2) is 66.0 Å². The van der Waals surface area contributed by atoms with Crippen LogP contribution in [0.3, 0.4) is 0 Å².